The number of carbonyl (C=O) groups excluding carboxylic acids is 1. The molecule has 2 rings (SSSR count). The number of amides is 1. The van der Waals surface area contributed by atoms with Crippen molar-refractivity contribution in [2.75, 3.05) is 0 Å². The van der Waals surface area contributed by atoms with Gasteiger partial charge in [-0.3, -0.25) is 9.89 Å². The van der Waals surface area contributed by atoms with Crippen LogP contribution >= 0.6 is 11.6 Å². The fourth-order valence-electron chi connectivity index (χ4n) is 1.31. The molecule has 0 unspecified atom stereocenters. The van der Waals surface area contributed by atoms with Crippen LogP contribution in [0.4, 0.5) is 4.39 Å². The summed E-state index contributed by atoms with van der Waals surface area (Å²) in [5, 5.41) is 8.92. The number of aromatic amines is 1. The van der Waals surface area contributed by atoms with Gasteiger partial charge in [0.1, 0.15) is 5.82 Å². The van der Waals surface area contributed by atoms with Crippen LogP contribution in [0.15, 0.2) is 30.6 Å². The first-order valence-corrected chi connectivity index (χ1v) is 5.25. The Balaban J connectivity index is 1.98. The minimum atomic E-state index is -0.475. The summed E-state index contributed by atoms with van der Waals surface area (Å²) in [7, 11) is 0. The van der Waals surface area contributed by atoms with Crippen LogP contribution in [0.3, 0.4) is 0 Å². The van der Waals surface area contributed by atoms with Crippen molar-refractivity contribution in [1.29, 1.82) is 0 Å². The first-order chi connectivity index (χ1) is 8.16. The Hall–Kier alpha value is -1.88. The van der Waals surface area contributed by atoms with Gasteiger partial charge in [-0.2, -0.15) is 5.10 Å². The van der Waals surface area contributed by atoms with Crippen molar-refractivity contribution in [3.63, 3.8) is 0 Å². The molecule has 0 saturated heterocycles. The van der Waals surface area contributed by atoms with E-state index in [4.69, 9.17) is 11.6 Å². The van der Waals surface area contributed by atoms with E-state index in [1.54, 1.807) is 6.07 Å². The molecule has 0 fully saturated rings. The summed E-state index contributed by atoms with van der Waals surface area (Å²) in [5.41, 5.74) is 1.17. The Morgan fingerprint density at radius 3 is 3.00 bits per heavy atom. The van der Waals surface area contributed by atoms with Gasteiger partial charge in [0.25, 0.3) is 5.91 Å². The summed E-state index contributed by atoms with van der Waals surface area (Å²) in [6.45, 7) is 0.282. The van der Waals surface area contributed by atoms with Gasteiger partial charge >= 0.3 is 0 Å². The SMILES string of the molecule is O=C(NCc1ccc(F)c(Cl)c1)c1cn[nH]c1. The quantitative estimate of drug-likeness (QED) is 0.880. The number of nitrogens with zero attached hydrogens (tertiary/aromatic N) is 1. The monoisotopic (exact) mass is 253 g/mol. The molecule has 1 aromatic heterocycles. The minimum Gasteiger partial charge on any atom is -0.348 e. The van der Waals surface area contributed by atoms with E-state index in [2.05, 4.69) is 15.5 Å². The topological polar surface area (TPSA) is 57.8 Å². The maximum atomic E-state index is 12.9. The standard InChI is InChI=1S/C11H9ClFN3O/c12-9-3-7(1-2-10(9)13)4-14-11(17)8-5-15-16-6-8/h1-3,5-6H,4H2,(H,14,17)(H,15,16). The molecule has 0 radical (unpaired) electrons. The van der Waals surface area contributed by atoms with Crippen LogP contribution in [0.2, 0.25) is 5.02 Å². The van der Waals surface area contributed by atoms with Crippen LogP contribution in [-0.4, -0.2) is 16.1 Å². The van der Waals surface area contributed by atoms with Crippen LogP contribution < -0.4 is 5.32 Å². The van der Waals surface area contributed by atoms with Gasteiger partial charge in [-0.25, -0.2) is 4.39 Å². The summed E-state index contributed by atoms with van der Waals surface area (Å²) in [6.07, 6.45) is 2.92. The first-order valence-electron chi connectivity index (χ1n) is 4.88. The molecule has 1 amide bonds. The van der Waals surface area contributed by atoms with Crippen molar-refractivity contribution in [3.05, 3.63) is 52.6 Å². The molecule has 0 atom stereocenters. The number of benzene rings is 1. The van der Waals surface area contributed by atoms with Gasteiger partial charge in [0.15, 0.2) is 0 Å². The number of carbonyl (C=O) groups is 1. The number of rotatable bonds is 3. The van der Waals surface area contributed by atoms with E-state index in [0.717, 1.165) is 5.56 Å². The second-order valence-electron chi connectivity index (χ2n) is 3.42. The largest absolute Gasteiger partial charge is 0.348 e. The molecule has 0 spiro atoms. The Morgan fingerprint density at radius 1 is 1.53 bits per heavy atom. The highest BCUT2D eigenvalue weighted by molar-refractivity contribution is 6.30. The molecule has 0 bridgehead atoms. The number of hydrogen-bond donors (Lipinski definition) is 2. The summed E-state index contributed by atoms with van der Waals surface area (Å²) in [4.78, 5) is 11.6. The van der Waals surface area contributed by atoms with E-state index in [9.17, 15) is 9.18 Å². The third-order valence-electron chi connectivity index (χ3n) is 2.20. The highest BCUT2D eigenvalue weighted by Gasteiger charge is 2.06. The predicted octanol–water partition coefficient (Wildman–Crippen LogP) is 2.13. The van der Waals surface area contributed by atoms with Gasteiger partial charge in [-0.05, 0) is 17.7 Å². The fourth-order valence-corrected chi connectivity index (χ4v) is 1.51. The zero-order valence-corrected chi connectivity index (χ0v) is 9.46. The molecular weight excluding hydrogens is 245 g/mol. The lowest BCUT2D eigenvalue weighted by Crippen LogP contribution is -2.22. The molecule has 0 aliphatic carbocycles. The lowest BCUT2D eigenvalue weighted by molar-refractivity contribution is 0.0951. The van der Waals surface area contributed by atoms with Crippen LogP contribution in [0, 0.1) is 5.82 Å². The number of hydrogen-bond acceptors (Lipinski definition) is 2. The normalized spacial score (nSPS) is 10.2. The predicted molar refractivity (Wildman–Crippen MR) is 61.2 cm³/mol. The van der Waals surface area contributed by atoms with E-state index in [0.29, 0.717) is 5.56 Å². The molecule has 88 valence electrons. The zero-order chi connectivity index (χ0) is 12.3. The maximum Gasteiger partial charge on any atom is 0.254 e. The number of H-pyrrole nitrogens is 1. The molecule has 1 aromatic carbocycles. The molecule has 0 saturated carbocycles. The lowest BCUT2D eigenvalue weighted by Gasteiger charge is -2.04. The smallest absolute Gasteiger partial charge is 0.254 e. The zero-order valence-electron chi connectivity index (χ0n) is 8.71. The number of nitrogens with one attached hydrogen (secondary N) is 2. The average Bonchev–Trinajstić information content (AvgIpc) is 2.84. The van der Waals surface area contributed by atoms with Crippen molar-refractivity contribution in [2.45, 2.75) is 6.54 Å². The third kappa shape index (κ3) is 2.82. The maximum absolute atomic E-state index is 12.9. The fraction of sp³-hybridized carbons (Fsp3) is 0.0909. The van der Waals surface area contributed by atoms with Gasteiger partial charge in [0, 0.05) is 12.7 Å². The van der Waals surface area contributed by atoms with Crippen LogP contribution in [0.25, 0.3) is 0 Å². The second-order valence-corrected chi connectivity index (χ2v) is 3.83. The molecular formula is C11H9ClFN3O. The Kier molecular flexibility index (Phi) is 3.39. The minimum absolute atomic E-state index is 0.0417. The Bertz CT molecular complexity index is 528. The van der Waals surface area contributed by atoms with E-state index in [1.165, 1.54) is 24.5 Å². The molecule has 6 heteroatoms. The van der Waals surface area contributed by atoms with Crippen molar-refractivity contribution in [1.82, 2.24) is 15.5 Å². The molecule has 1 heterocycles. The van der Waals surface area contributed by atoms with E-state index >= 15 is 0 Å². The summed E-state index contributed by atoms with van der Waals surface area (Å²) in [5.74, 6) is -0.726. The highest BCUT2D eigenvalue weighted by atomic mass is 35.5. The van der Waals surface area contributed by atoms with Crippen LogP contribution in [0.5, 0.6) is 0 Å². The Morgan fingerprint density at radius 2 is 2.35 bits per heavy atom. The molecule has 17 heavy (non-hydrogen) atoms. The molecule has 2 aromatic rings. The Labute approximate surface area is 102 Å². The van der Waals surface area contributed by atoms with Gasteiger partial charge in [-0.15, -0.1) is 0 Å². The molecule has 2 N–H and O–H groups in total. The second kappa shape index (κ2) is 4.97. The number of halogens is 2. The first kappa shape index (κ1) is 11.6. The molecule has 0 aliphatic heterocycles. The summed E-state index contributed by atoms with van der Waals surface area (Å²) >= 11 is 5.63. The van der Waals surface area contributed by atoms with Gasteiger partial charge in [0.05, 0.1) is 16.8 Å². The summed E-state index contributed by atoms with van der Waals surface area (Å²) < 4.78 is 12.9. The van der Waals surface area contributed by atoms with Crippen LogP contribution in [-0.2, 0) is 6.54 Å². The van der Waals surface area contributed by atoms with E-state index < -0.39 is 5.82 Å². The lowest BCUT2D eigenvalue weighted by atomic mass is 10.2. The number of aromatic nitrogens is 2. The van der Waals surface area contributed by atoms with Crippen molar-refractivity contribution >= 4 is 17.5 Å². The van der Waals surface area contributed by atoms with Gasteiger partial charge < -0.3 is 5.32 Å². The van der Waals surface area contributed by atoms with E-state index in [-0.39, 0.29) is 17.5 Å². The van der Waals surface area contributed by atoms with Crippen molar-refractivity contribution in [2.24, 2.45) is 0 Å². The van der Waals surface area contributed by atoms with E-state index in [1.807, 2.05) is 0 Å². The third-order valence-corrected chi connectivity index (χ3v) is 2.49. The molecule has 0 aliphatic rings. The van der Waals surface area contributed by atoms with Crippen molar-refractivity contribution < 1.29 is 9.18 Å². The summed E-state index contributed by atoms with van der Waals surface area (Å²) in [6, 6.07) is 4.31. The van der Waals surface area contributed by atoms with Gasteiger partial charge in [-0.1, -0.05) is 17.7 Å². The molecule has 4 nitrogen and oxygen atoms in total. The van der Waals surface area contributed by atoms with Crippen LogP contribution in [0.1, 0.15) is 15.9 Å². The average molecular weight is 254 g/mol. The highest BCUT2D eigenvalue weighted by Crippen LogP contribution is 2.15. The van der Waals surface area contributed by atoms with Gasteiger partial charge in [0.2, 0.25) is 0 Å². The van der Waals surface area contributed by atoms with Crippen molar-refractivity contribution in [3.8, 4) is 0 Å².